The summed E-state index contributed by atoms with van der Waals surface area (Å²) in [5.74, 6) is 0.849. The van der Waals surface area contributed by atoms with Crippen molar-refractivity contribution in [3.05, 3.63) is 29.8 Å². The Morgan fingerprint density at radius 1 is 1.38 bits per heavy atom. The average Bonchev–Trinajstić information content (AvgIpc) is 2.36. The number of hydrogen-bond donors (Lipinski definition) is 1. The van der Waals surface area contributed by atoms with Gasteiger partial charge in [-0.3, -0.25) is 5.32 Å². The molecule has 0 radical (unpaired) electrons. The van der Waals surface area contributed by atoms with Crippen LogP contribution in [0.15, 0.2) is 24.3 Å². The molecule has 16 heavy (non-hydrogen) atoms. The molecule has 0 aromatic heterocycles. The Bertz CT molecular complexity index is 367. The summed E-state index contributed by atoms with van der Waals surface area (Å²) in [6, 6.07) is 10.1. The second-order valence-corrected chi connectivity index (χ2v) is 4.00. The van der Waals surface area contributed by atoms with Gasteiger partial charge in [-0.05, 0) is 31.0 Å². The molecule has 0 amide bonds. The minimum Gasteiger partial charge on any atom is -0.497 e. The highest BCUT2D eigenvalue weighted by atomic mass is 16.5. The van der Waals surface area contributed by atoms with Crippen molar-refractivity contribution in [2.75, 3.05) is 7.11 Å². The third-order valence-electron chi connectivity index (χ3n) is 2.80. The van der Waals surface area contributed by atoms with Crippen LogP contribution in [0.4, 0.5) is 0 Å². The summed E-state index contributed by atoms with van der Waals surface area (Å²) in [5, 5.41) is 12.3. The van der Waals surface area contributed by atoms with E-state index >= 15 is 0 Å². The molecular formula is C13H18N2O. The molecule has 0 fully saturated rings. The number of ether oxygens (including phenoxy) is 1. The predicted octanol–water partition coefficient (Wildman–Crippen LogP) is 2.48. The van der Waals surface area contributed by atoms with Crippen molar-refractivity contribution in [2.45, 2.75) is 32.4 Å². The maximum Gasteiger partial charge on any atom is 0.118 e. The molecule has 0 aliphatic heterocycles. The van der Waals surface area contributed by atoms with Gasteiger partial charge in [0, 0.05) is 6.54 Å². The van der Waals surface area contributed by atoms with Crippen molar-refractivity contribution in [3.63, 3.8) is 0 Å². The van der Waals surface area contributed by atoms with E-state index in [0.29, 0.717) is 6.54 Å². The average molecular weight is 218 g/mol. The monoisotopic (exact) mass is 218 g/mol. The van der Waals surface area contributed by atoms with Gasteiger partial charge in [0.25, 0.3) is 0 Å². The number of nitrogens with zero attached hydrogens (tertiary/aromatic N) is 1. The molecule has 86 valence electrons. The Labute approximate surface area is 97.0 Å². The molecule has 0 aliphatic rings. The van der Waals surface area contributed by atoms with E-state index in [1.807, 2.05) is 38.1 Å². The lowest BCUT2D eigenvalue weighted by atomic mass is 10.0. The van der Waals surface area contributed by atoms with Gasteiger partial charge in [-0.2, -0.15) is 5.26 Å². The fourth-order valence-corrected chi connectivity index (χ4v) is 1.28. The lowest BCUT2D eigenvalue weighted by Crippen LogP contribution is -2.39. The number of methoxy groups -OCH3 is 1. The minimum absolute atomic E-state index is 0.445. The van der Waals surface area contributed by atoms with Gasteiger partial charge in [0.05, 0.1) is 13.2 Å². The molecule has 0 bridgehead atoms. The summed E-state index contributed by atoms with van der Waals surface area (Å²) in [6.45, 7) is 4.61. The lowest BCUT2D eigenvalue weighted by molar-refractivity contribution is 0.413. The molecule has 0 saturated heterocycles. The molecule has 1 rings (SSSR count). The van der Waals surface area contributed by atoms with Crippen LogP contribution in [-0.4, -0.2) is 12.6 Å². The third kappa shape index (κ3) is 3.25. The van der Waals surface area contributed by atoms with Crippen molar-refractivity contribution in [1.82, 2.24) is 5.32 Å². The van der Waals surface area contributed by atoms with Crippen molar-refractivity contribution < 1.29 is 4.74 Å². The van der Waals surface area contributed by atoms with E-state index in [1.54, 1.807) is 7.11 Å². The summed E-state index contributed by atoms with van der Waals surface area (Å²) in [7, 11) is 1.65. The summed E-state index contributed by atoms with van der Waals surface area (Å²) in [5.41, 5.74) is 0.704. The van der Waals surface area contributed by atoms with Crippen molar-refractivity contribution in [2.24, 2.45) is 0 Å². The van der Waals surface area contributed by atoms with Crippen LogP contribution < -0.4 is 10.1 Å². The summed E-state index contributed by atoms with van der Waals surface area (Å²) >= 11 is 0. The molecule has 1 atom stereocenters. The Morgan fingerprint density at radius 3 is 2.44 bits per heavy atom. The van der Waals surface area contributed by atoms with Crippen LogP contribution in [0.2, 0.25) is 0 Å². The van der Waals surface area contributed by atoms with Gasteiger partial charge in [-0.1, -0.05) is 19.1 Å². The Morgan fingerprint density at radius 2 is 2.00 bits per heavy atom. The Hall–Kier alpha value is -1.53. The molecule has 0 saturated carbocycles. The number of benzene rings is 1. The second kappa shape index (κ2) is 5.53. The molecule has 1 aromatic rings. The van der Waals surface area contributed by atoms with Crippen LogP contribution in [0.25, 0.3) is 0 Å². The van der Waals surface area contributed by atoms with E-state index in [9.17, 15) is 0 Å². The normalized spacial score (nSPS) is 13.9. The van der Waals surface area contributed by atoms with Crippen LogP contribution in [0.3, 0.4) is 0 Å². The van der Waals surface area contributed by atoms with E-state index in [2.05, 4.69) is 11.4 Å². The molecule has 0 spiro atoms. The molecule has 1 aromatic carbocycles. The van der Waals surface area contributed by atoms with Gasteiger partial charge in [-0.15, -0.1) is 0 Å². The fourth-order valence-electron chi connectivity index (χ4n) is 1.28. The van der Waals surface area contributed by atoms with Crippen LogP contribution in [0, 0.1) is 11.3 Å². The molecule has 3 nitrogen and oxygen atoms in total. The van der Waals surface area contributed by atoms with Crippen molar-refractivity contribution >= 4 is 0 Å². The van der Waals surface area contributed by atoms with Gasteiger partial charge in [0.2, 0.25) is 0 Å². The summed E-state index contributed by atoms with van der Waals surface area (Å²) in [4.78, 5) is 0. The number of rotatable bonds is 5. The highest BCUT2D eigenvalue weighted by Gasteiger charge is 2.19. The molecule has 0 aliphatic carbocycles. The Kier molecular flexibility index (Phi) is 4.33. The van der Waals surface area contributed by atoms with Gasteiger partial charge in [0.1, 0.15) is 11.3 Å². The SMILES string of the molecule is CCC(C)(C#N)NCc1ccc(OC)cc1. The number of hydrogen-bond acceptors (Lipinski definition) is 3. The Balaban J connectivity index is 2.58. The zero-order valence-corrected chi connectivity index (χ0v) is 10.1. The predicted molar refractivity (Wildman–Crippen MR) is 64.1 cm³/mol. The number of nitrogens with one attached hydrogen (secondary N) is 1. The van der Waals surface area contributed by atoms with Crippen LogP contribution >= 0.6 is 0 Å². The second-order valence-electron chi connectivity index (χ2n) is 4.00. The highest BCUT2D eigenvalue weighted by molar-refractivity contribution is 5.27. The standard InChI is InChI=1S/C13H18N2O/c1-4-13(2,10-14)15-9-11-5-7-12(16-3)8-6-11/h5-8,15H,4,9H2,1-3H3. The van der Waals surface area contributed by atoms with E-state index in [0.717, 1.165) is 17.7 Å². The maximum atomic E-state index is 9.01. The van der Waals surface area contributed by atoms with Gasteiger partial charge in [0.15, 0.2) is 0 Å². The van der Waals surface area contributed by atoms with Crippen LogP contribution in [0.1, 0.15) is 25.8 Å². The first-order valence-corrected chi connectivity index (χ1v) is 5.43. The highest BCUT2D eigenvalue weighted by Crippen LogP contribution is 2.13. The molecular weight excluding hydrogens is 200 g/mol. The molecule has 0 heterocycles. The topological polar surface area (TPSA) is 45.0 Å². The van der Waals surface area contributed by atoms with E-state index in [4.69, 9.17) is 10.00 Å². The smallest absolute Gasteiger partial charge is 0.118 e. The molecule has 3 heteroatoms. The van der Waals surface area contributed by atoms with Gasteiger partial charge < -0.3 is 4.74 Å². The first-order chi connectivity index (χ1) is 7.63. The number of nitriles is 1. The van der Waals surface area contributed by atoms with Gasteiger partial charge >= 0.3 is 0 Å². The summed E-state index contributed by atoms with van der Waals surface area (Å²) in [6.07, 6.45) is 0.791. The van der Waals surface area contributed by atoms with Crippen molar-refractivity contribution in [3.8, 4) is 11.8 Å². The minimum atomic E-state index is -0.445. The van der Waals surface area contributed by atoms with Gasteiger partial charge in [-0.25, -0.2) is 0 Å². The van der Waals surface area contributed by atoms with E-state index in [-0.39, 0.29) is 0 Å². The zero-order chi connectivity index (χ0) is 12.0. The summed E-state index contributed by atoms with van der Waals surface area (Å²) < 4.78 is 5.08. The first-order valence-electron chi connectivity index (χ1n) is 5.43. The van der Waals surface area contributed by atoms with Crippen molar-refractivity contribution in [1.29, 1.82) is 5.26 Å². The molecule has 1 unspecified atom stereocenters. The zero-order valence-electron chi connectivity index (χ0n) is 10.1. The van der Waals surface area contributed by atoms with E-state index in [1.165, 1.54) is 0 Å². The lowest BCUT2D eigenvalue weighted by Gasteiger charge is -2.21. The quantitative estimate of drug-likeness (QED) is 0.825. The van der Waals surface area contributed by atoms with Crippen LogP contribution in [-0.2, 0) is 6.54 Å². The van der Waals surface area contributed by atoms with Crippen LogP contribution in [0.5, 0.6) is 5.75 Å². The van der Waals surface area contributed by atoms with E-state index < -0.39 is 5.54 Å². The molecule has 1 N–H and O–H groups in total. The maximum absolute atomic E-state index is 9.01. The largest absolute Gasteiger partial charge is 0.497 e. The first kappa shape index (κ1) is 12.5. The fraction of sp³-hybridized carbons (Fsp3) is 0.462. The third-order valence-corrected chi connectivity index (χ3v) is 2.80.